The summed E-state index contributed by atoms with van der Waals surface area (Å²) in [5.41, 5.74) is 0. The first-order chi connectivity index (χ1) is 9.99. The van der Waals surface area contributed by atoms with E-state index < -0.39 is 0 Å². The molecule has 4 nitrogen and oxygen atoms in total. The van der Waals surface area contributed by atoms with Crippen molar-refractivity contribution in [3.8, 4) is 0 Å². The summed E-state index contributed by atoms with van der Waals surface area (Å²) < 4.78 is 0. The van der Waals surface area contributed by atoms with Crippen LogP contribution in [0.5, 0.6) is 0 Å². The molecule has 0 fully saturated rings. The van der Waals surface area contributed by atoms with Crippen LogP contribution in [0, 0.1) is 0 Å². The van der Waals surface area contributed by atoms with E-state index in [0.29, 0.717) is 0 Å². The zero-order chi connectivity index (χ0) is 16.1. The van der Waals surface area contributed by atoms with Crippen molar-refractivity contribution in [2.75, 3.05) is 74.1 Å². The fraction of sp³-hybridized carbons (Fsp3) is 1.00. The molecule has 0 aromatic rings. The maximum Gasteiger partial charge on any atom is 0.0503 e. The van der Waals surface area contributed by atoms with Crippen LogP contribution in [-0.2, 0) is 0 Å². The van der Waals surface area contributed by atoms with Gasteiger partial charge in [-0.2, -0.15) is 0 Å². The minimum atomic E-state index is 1.11. The van der Waals surface area contributed by atoms with Gasteiger partial charge in [-0.3, -0.25) is 9.80 Å². The highest BCUT2D eigenvalue weighted by Crippen LogP contribution is 1.99. The van der Waals surface area contributed by atoms with Gasteiger partial charge in [0.05, 0.1) is 6.67 Å². The predicted octanol–water partition coefficient (Wildman–Crippen LogP) is 2.27. The van der Waals surface area contributed by atoms with Crippen LogP contribution >= 0.6 is 0 Å². The first-order valence-electron chi connectivity index (χ1n) is 8.73. The topological polar surface area (TPSA) is 13.0 Å². The number of nitrogens with zero attached hydrogens (tertiary/aromatic N) is 4. The molecule has 0 aromatic heterocycles. The highest BCUT2D eigenvalue weighted by Gasteiger charge is 2.06. The van der Waals surface area contributed by atoms with Gasteiger partial charge in [0.1, 0.15) is 0 Å². The molecule has 0 rings (SSSR count). The fourth-order valence-electron chi connectivity index (χ4n) is 2.50. The van der Waals surface area contributed by atoms with Gasteiger partial charge in [0.25, 0.3) is 0 Å². The SMILES string of the molecule is CCCCN(C)CN(CC)CCCN(C)CCCN(C)C. The molecule has 0 aromatic carbocycles. The Bertz CT molecular complexity index is 221. The molecule has 0 N–H and O–H groups in total. The van der Waals surface area contributed by atoms with Crippen molar-refractivity contribution in [2.24, 2.45) is 0 Å². The molecule has 0 heterocycles. The Balaban J connectivity index is 3.70. The number of hydrogen-bond donors (Lipinski definition) is 0. The Morgan fingerprint density at radius 1 is 0.619 bits per heavy atom. The average molecular weight is 301 g/mol. The highest BCUT2D eigenvalue weighted by atomic mass is 15.3. The standard InChI is InChI=1S/C17H40N4/c1-7-9-13-20(6)17-21(8-2)16-11-15-19(5)14-10-12-18(3)4/h7-17H2,1-6H3. The van der Waals surface area contributed by atoms with Crippen molar-refractivity contribution in [3.05, 3.63) is 0 Å². The molecule has 0 radical (unpaired) electrons. The van der Waals surface area contributed by atoms with E-state index in [-0.39, 0.29) is 0 Å². The third kappa shape index (κ3) is 13.2. The molecule has 0 saturated carbocycles. The molecule has 0 spiro atoms. The summed E-state index contributed by atoms with van der Waals surface area (Å²) in [4.78, 5) is 9.74. The summed E-state index contributed by atoms with van der Waals surface area (Å²) in [6, 6.07) is 0. The van der Waals surface area contributed by atoms with Crippen LogP contribution < -0.4 is 0 Å². The first-order valence-corrected chi connectivity index (χ1v) is 8.73. The lowest BCUT2D eigenvalue weighted by Gasteiger charge is -2.27. The smallest absolute Gasteiger partial charge is 0.0503 e. The van der Waals surface area contributed by atoms with E-state index in [0.717, 1.165) is 13.2 Å². The molecule has 0 aliphatic carbocycles. The maximum atomic E-state index is 2.56. The molecule has 128 valence electrons. The van der Waals surface area contributed by atoms with Gasteiger partial charge in [0.2, 0.25) is 0 Å². The Kier molecular flexibility index (Phi) is 13.4. The largest absolute Gasteiger partial charge is 0.309 e. The van der Waals surface area contributed by atoms with E-state index in [1.165, 1.54) is 58.4 Å². The molecule has 0 aliphatic heterocycles. The third-order valence-corrected chi connectivity index (χ3v) is 3.94. The van der Waals surface area contributed by atoms with Crippen molar-refractivity contribution in [2.45, 2.75) is 39.5 Å². The molecule has 0 aliphatic rings. The van der Waals surface area contributed by atoms with Crippen LogP contribution in [0.3, 0.4) is 0 Å². The second-order valence-corrected chi connectivity index (χ2v) is 6.60. The monoisotopic (exact) mass is 300 g/mol. The van der Waals surface area contributed by atoms with Crippen molar-refractivity contribution in [3.63, 3.8) is 0 Å². The van der Waals surface area contributed by atoms with Gasteiger partial charge < -0.3 is 9.80 Å². The fourth-order valence-corrected chi connectivity index (χ4v) is 2.50. The third-order valence-electron chi connectivity index (χ3n) is 3.94. The molecule has 0 amide bonds. The van der Waals surface area contributed by atoms with E-state index in [9.17, 15) is 0 Å². The molecule has 21 heavy (non-hydrogen) atoms. The second-order valence-electron chi connectivity index (χ2n) is 6.60. The zero-order valence-corrected chi connectivity index (χ0v) is 15.6. The van der Waals surface area contributed by atoms with Crippen LogP contribution in [0.4, 0.5) is 0 Å². The quantitative estimate of drug-likeness (QED) is 0.456. The zero-order valence-electron chi connectivity index (χ0n) is 15.6. The highest BCUT2D eigenvalue weighted by molar-refractivity contribution is 4.60. The van der Waals surface area contributed by atoms with E-state index in [1.807, 2.05) is 0 Å². The van der Waals surface area contributed by atoms with Gasteiger partial charge in [-0.25, -0.2) is 0 Å². The molecular weight excluding hydrogens is 260 g/mol. The van der Waals surface area contributed by atoms with E-state index in [2.05, 4.69) is 61.6 Å². The first kappa shape index (κ1) is 20.8. The molecular formula is C17H40N4. The second kappa shape index (κ2) is 13.5. The minimum absolute atomic E-state index is 1.11. The summed E-state index contributed by atoms with van der Waals surface area (Å²) in [5.74, 6) is 0. The number of rotatable bonds is 14. The minimum Gasteiger partial charge on any atom is -0.309 e. The lowest BCUT2D eigenvalue weighted by Crippen LogP contribution is -2.37. The Labute approximate surface area is 134 Å². The number of hydrogen-bond acceptors (Lipinski definition) is 4. The lowest BCUT2D eigenvalue weighted by molar-refractivity contribution is 0.152. The van der Waals surface area contributed by atoms with Gasteiger partial charge in [-0.05, 0) is 80.2 Å². The summed E-state index contributed by atoms with van der Waals surface area (Å²) in [6.45, 7) is 12.8. The van der Waals surface area contributed by atoms with Gasteiger partial charge in [-0.1, -0.05) is 20.3 Å². The molecule has 0 bridgehead atoms. The van der Waals surface area contributed by atoms with Crippen LogP contribution in [0.15, 0.2) is 0 Å². The van der Waals surface area contributed by atoms with Crippen LogP contribution in [0.25, 0.3) is 0 Å². The van der Waals surface area contributed by atoms with Crippen molar-refractivity contribution in [1.29, 1.82) is 0 Å². The van der Waals surface area contributed by atoms with E-state index in [4.69, 9.17) is 0 Å². The van der Waals surface area contributed by atoms with Gasteiger partial charge in [-0.15, -0.1) is 0 Å². The van der Waals surface area contributed by atoms with Crippen molar-refractivity contribution in [1.82, 2.24) is 19.6 Å². The summed E-state index contributed by atoms with van der Waals surface area (Å²) in [7, 11) is 8.79. The van der Waals surface area contributed by atoms with Crippen LogP contribution in [0.1, 0.15) is 39.5 Å². The summed E-state index contributed by atoms with van der Waals surface area (Å²) >= 11 is 0. The maximum absolute atomic E-state index is 2.56. The normalized spacial score (nSPS) is 12.3. The predicted molar refractivity (Wildman–Crippen MR) is 94.9 cm³/mol. The van der Waals surface area contributed by atoms with Gasteiger partial charge in [0.15, 0.2) is 0 Å². The summed E-state index contributed by atoms with van der Waals surface area (Å²) in [5, 5.41) is 0. The molecule has 0 atom stereocenters. The lowest BCUT2D eigenvalue weighted by atomic mass is 10.3. The van der Waals surface area contributed by atoms with Gasteiger partial charge >= 0.3 is 0 Å². The molecule has 0 unspecified atom stereocenters. The average Bonchev–Trinajstić information content (AvgIpc) is 2.43. The van der Waals surface area contributed by atoms with Crippen LogP contribution in [0.2, 0.25) is 0 Å². The Morgan fingerprint density at radius 3 is 1.71 bits per heavy atom. The van der Waals surface area contributed by atoms with Gasteiger partial charge in [0, 0.05) is 6.54 Å². The molecule has 4 heteroatoms. The molecule has 0 saturated heterocycles. The Morgan fingerprint density at radius 2 is 1.19 bits per heavy atom. The van der Waals surface area contributed by atoms with Crippen LogP contribution in [-0.4, -0.2) is 93.7 Å². The van der Waals surface area contributed by atoms with Crippen molar-refractivity contribution >= 4 is 0 Å². The van der Waals surface area contributed by atoms with Crippen molar-refractivity contribution < 1.29 is 0 Å². The number of unbranched alkanes of at least 4 members (excludes halogenated alkanes) is 1. The van der Waals surface area contributed by atoms with E-state index >= 15 is 0 Å². The summed E-state index contributed by atoms with van der Waals surface area (Å²) in [6.07, 6.45) is 5.13. The Hall–Kier alpha value is -0.160. The van der Waals surface area contributed by atoms with E-state index in [1.54, 1.807) is 0 Å².